The minimum absolute atomic E-state index is 0.0803. The lowest BCUT2D eigenvalue weighted by Crippen LogP contribution is -2.37. The summed E-state index contributed by atoms with van der Waals surface area (Å²) in [5.74, 6) is -1.12. The zero-order valence-electron chi connectivity index (χ0n) is 16.5. The van der Waals surface area contributed by atoms with Gasteiger partial charge in [-0.1, -0.05) is 6.07 Å². The molecule has 4 aromatic rings. The van der Waals surface area contributed by atoms with Crippen LogP contribution in [-0.2, 0) is 20.0 Å². The number of alkyl halides is 2. The molecule has 30 heavy (non-hydrogen) atoms. The second kappa shape index (κ2) is 8.01. The summed E-state index contributed by atoms with van der Waals surface area (Å²) in [7, 11) is 1.43. The Morgan fingerprint density at radius 1 is 1.27 bits per heavy atom. The van der Waals surface area contributed by atoms with Gasteiger partial charge < -0.3 is 9.88 Å². The molecule has 1 N–H and O–H groups in total. The number of amides is 1. The maximum atomic E-state index is 12.5. The van der Waals surface area contributed by atoms with Crippen molar-refractivity contribution in [3.05, 3.63) is 65.5 Å². The van der Waals surface area contributed by atoms with Crippen LogP contribution in [0.3, 0.4) is 0 Å². The lowest BCUT2D eigenvalue weighted by Gasteiger charge is -2.25. The van der Waals surface area contributed by atoms with Crippen LogP contribution in [0.1, 0.15) is 39.8 Å². The number of fused-ring (bicyclic) bond motifs is 2. The van der Waals surface area contributed by atoms with E-state index >= 15 is 0 Å². The second-order valence-electron chi connectivity index (χ2n) is 6.93. The zero-order valence-corrected chi connectivity index (χ0v) is 16.5. The van der Waals surface area contributed by atoms with E-state index in [0.29, 0.717) is 19.5 Å². The number of hydrogen-bond acceptors (Lipinski definition) is 5. The summed E-state index contributed by atoms with van der Waals surface area (Å²) in [5.41, 5.74) is 4.17. The Hall–Kier alpha value is -3.63. The van der Waals surface area contributed by atoms with Crippen molar-refractivity contribution in [2.24, 2.45) is 7.05 Å². The number of nitrogens with zero attached hydrogens (tertiary/aromatic N) is 7. The number of nitrogens with one attached hydrogen (secondary N) is 1. The average Bonchev–Trinajstić information content (AvgIpc) is 3.46. The van der Waals surface area contributed by atoms with Crippen molar-refractivity contribution in [2.45, 2.75) is 26.3 Å². The number of hydrogen-bond donors (Lipinski definition) is 1. The molecule has 0 bridgehead atoms. The van der Waals surface area contributed by atoms with E-state index in [1.807, 2.05) is 16.8 Å². The fourth-order valence-electron chi connectivity index (χ4n) is 3.23. The van der Waals surface area contributed by atoms with Gasteiger partial charge in [0, 0.05) is 32.4 Å². The van der Waals surface area contributed by atoms with Crippen LogP contribution in [0, 0.1) is 6.92 Å². The Morgan fingerprint density at radius 2 is 2.10 bits per heavy atom. The maximum Gasteiger partial charge on any atom is 0.299 e. The SMILES string of the molecule is Cc1ccc2ccnn2c1.Cn1nc(C(F)F)nc1C(=O)N1CCc2nc[nH]c2C1. The third kappa shape index (κ3) is 3.91. The molecule has 0 saturated carbocycles. The molecule has 156 valence electrons. The van der Waals surface area contributed by atoms with E-state index in [1.54, 1.807) is 17.4 Å². The highest BCUT2D eigenvalue weighted by Crippen LogP contribution is 2.19. The van der Waals surface area contributed by atoms with Crippen molar-refractivity contribution in [3.8, 4) is 0 Å². The number of imidazole rings is 1. The molecule has 0 radical (unpaired) electrons. The fraction of sp³-hybridized carbons (Fsp3) is 0.316. The first-order valence-corrected chi connectivity index (χ1v) is 9.32. The molecule has 1 amide bonds. The van der Waals surface area contributed by atoms with Crippen molar-refractivity contribution >= 4 is 11.4 Å². The summed E-state index contributed by atoms with van der Waals surface area (Å²) in [6.07, 6.45) is 3.23. The quantitative estimate of drug-likeness (QED) is 0.543. The van der Waals surface area contributed by atoms with E-state index < -0.39 is 18.2 Å². The van der Waals surface area contributed by atoms with Gasteiger partial charge in [-0.2, -0.15) is 5.10 Å². The second-order valence-corrected chi connectivity index (χ2v) is 6.93. The van der Waals surface area contributed by atoms with E-state index in [2.05, 4.69) is 44.2 Å². The van der Waals surface area contributed by atoms with Crippen molar-refractivity contribution in [1.29, 1.82) is 0 Å². The summed E-state index contributed by atoms with van der Waals surface area (Å²) in [5, 5.41) is 7.64. The number of aromatic nitrogens is 7. The molecule has 4 aromatic heterocycles. The number of aryl methyl sites for hydroxylation is 2. The molecule has 0 saturated heterocycles. The standard InChI is InChI=1S/C11H12F2N6O.C8H8N2/c1-18-10(16-9(17-18)8(12)13)11(20)19-3-2-6-7(4-19)15-5-14-6;1-7-2-3-8-4-5-9-10(8)6-7/h5,8H,2-4H2,1H3,(H,14,15);2-6H,1H3. The van der Waals surface area contributed by atoms with Crippen LogP contribution in [0.4, 0.5) is 8.78 Å². The Labute approximate surface area is 170 Å². The van der Waals surface area contributed by atoms with Crippen LogP contribution in [0.15, 0.2) is 36.9 Å². The van der Waals surface area contributed by atoms with Crippen LogP contribution < -0.4 is 0 Å². The highest BCUT2D eigenvalue weighted by Gasteiger charge is 2.28. The predicted molar refractivity (Wildman–Crippen MR) is 103 cm³/mol. The van der Waals surface area contributed by atoms with Gasteiger partial charge in [0.25, 0.3) is 12.3 Å². The number of pyridine rings is 1. The van der Waals surface area contributed by atoms with Gasteiger partial charge in [-0.05, 0) is 24.6 Å². The molecule has 1 aliphatic heterocycles. The molecule has 0 unspecified atom stereocenters. The molecule has 0 aromatic carbocycles. The molecule has 11 heteroatoms. The maximum absolute atomic E-state index is 12.5. The van der Waals surface area contributed by atoms with Gasteiger partial charge in [-0.25, -0.2) is 27.9 Å². The van der Waals surface area contributed by atoms with E-state index in [4.69, 9.17) is 0 Å². The zero-order chi connectivity index (χ0) is 21.3. The molecule has 0 aliphatic carbocycles. The first kappa shape index (κ1) is 19.7. The van der Waals surface area contributed by atoms with Crippen molar-refractivity contribution in [3.63, 3.8) is 0 Å². The van der Waals surface area contributed by atoms with E-state index in [9.17, 15) is 13.6 Å². The monoisotopic (exact) mass is 414 g/mol. The number of halogens is 2. The minimum atomic E-state index is -2.79. The van der Waals surface area contributed by atoms with Gasteiger partial charge in [0.15, 0.2) is 0 Å². The Balaban J connectivity index is 0.000000181. The molecule has 5 rings (SSSR count). The molecule has 5 heterocycles. The van der Waals surface area contributed by atoms with Crippen molar-refractivity contribution < 1.29 is 13.6 Å². The Morgan fingerprint density at radius 3 is 2.87 bits per heavy atom. The van der Waals surface area contributed by atoms with Crippen LogP contribution in [0.25, 0.3) is 5.52 Å². The first-order chi connectivity index (χ1) is 14.4. The van der Waals surface area contributed by atoms with Gasteiger partial charge in [0.05, 0.1) is 29.8 Å². The normalized spacial score (nSPS) is 13.3. The van der Waals surface area contributed by atoms with Crippen LogP contribution in [0.2, 0.25) is 0 Å². The van der Waals surface area contributed by atoms with E-state index in [0.717, 1.165) is 21.6 Å². The van der Waals surface area contributed by atoms with Crippen molar-refractivity contribution in [1.82, 2.24) is 39.2 Å². The minimum Gasteiger partial charge on any atom is -0.347 e. The first-order valence-electron chi connectivity index (χ1n) is 9.32. The molecule has 0 spiro atoms. The number of carbonyl (C=O) groups is 1. The third-order valence-electron chi connectivity index (χ3n) is 4.77. The molecular weight excluding hydrogens is 394 g/mol. The van der Waals surface area contributed by atoms with Gasteiger partial charge in [-0.3, -0.25) is 4.79 Å². The predicted octanol–water partition coefficient (Wildman–Crippen LogP) is 2.32. The van der Waals surface area contributed by atoms with Crippen LogP contribution >= 0.6 is 0 Å². The molecule has 9 nitrogen and oxygen atoms in total. The molecule has 0 fully saturated rings. The number of carbonyl (C=O) groups excluding carboxylic acids is 1. The Kier molecular flexibility index (Phi) is 5.25. The number of H-pyrrole nitrogens is 1. The Bertz CT molecular complexity index is 1180. The van der Waals surface area contributed by atoms with E-state index in [1.165, 1.54) is 12.6 Å². The summed E-state index contributed by atoms with van der Waals surface area (Å²) in [6, 6.07) is 6.12. The summed E-state index contributed by atoms with van der Waals surface area (Å²) in [6.45, 7) is 2.90. The molecule has 1 aliphatic rings. The third-order valence-corrected chi connectivity index (χ3v) is 4.77. The number of aromatic amines is 1. The smallest absolute Gasteiger partial charge is 0.299 e. The summed E-state index contributed by atoms with van der Waals surface area (Å²) in [4.78, 5) is 24.6. The molecular formula is C19H20F2N8O. The van der Waals surface area contributed by atoms with Gasteiger partial charge in [0.2, 0.25) is 11.6 Å². The number of rotatable bonds is 2. The highest BCUT2D eigenvalue weighted by molar-refractivity contribution is 5.90. The highest BCUT2D eigenvalue weighted by atomic mass is 19.3. The fourth-order valence-corrected chi connectivity index (χ4v) is 3.23. The van der Waals surface area contributed by atoms with Crippen LogP contribution in [0.5, 0.6) is 0 Å². The van der Waals surface area contributed by atoms with Crippen LogP contribution in [-0.4, -0.2) is 51.7 Å². The van der Waals surface area contributed by atoms with Gasteiger partial charge >= 0.3 is 0 Å². The topological polar surface area (TPSA) is 97.0 Å². The lowest BCUT2D eigenvalue weighted by atomic mass is 10.1. The van der Waals surface area contributed by atoms with Gasteiger partial charge in [-0.15, -0.1) is 5.10 Å². The molecule has 0 atom stereocenters. The lowest BCUT2D eigenvalue weighted by molar-refractivity contribution is 0.0714. The summed E-state index contributed by atoms with van der Waals surface area (Å²) >= 11 is 0. The van der Waals surface area contributed by atoms with Crippen molar-refractivity contribution in [2.75, 3.05) is 6.54 Å². The summed E-state index contributed by atoms with van der Waals surface area (Å²) < 4.78 is 28.0. The largest absolute Gasteiger partial charge is 0.347 e. The van der Waals surface area contributed by atoms with E-state index in [-0.39, 0.29) is 5.82 Å². The average molecular weight is 414 g/mol. The van der Waals surface area contributed by atoms with Gasteiger partial charge in [0.1, 0.15) is 0 Å².